The highest BCUT2D eigenvalue weighted by Crippen LogP contribution is 2.29. The quantitative estimate of drug-likeness (QED) is 0.752. The molecule has 2 aromatic rings. The minimum absolute atomic E-state index is 0.290. The van der Waals surface area contributed by atoms with Crippen LogP contribution in [0.4, 0.5) is 0 Å². The summed E-state index contributed by atoms with van der Waals surface area (Å²) in [6.07, 6.45) is 1.91. The van der Waals surface area contributed by atoms with Crippen LogP contribution >= 0.6 is 0 Å². The lowest BCUT2D eigenvalue weighted by atomic mass is 10.1. The second-order valence-electron chi connectivity index (χ2n) is 3.69. The molecule has 78 valence electrons. The fraction of sp³-hybridized carbons (Fsp3) is 0.250. The molecule has 1 heterocycles. The predicted molar refractivity (Wildman–Crippen MR) is 59.1 cm³/mol. The smallest absolute Gasteiger partial charge is 0.128 e. The Hall–Kier alpha value is -1.77. The molecule has 0 fully saturated rings. The molecule has 15 heavy (non-hydrogen) atoms. The van der Waals surface area contributed by atoms with E-state index < -0.39 is 0 Å². The molecule has 0 bridgehead atoms. The first kappa shape index (κ1) is 9.77. The van der Waals surface area contributed by atoms with Gasteiger partial charge >= 0.3 is 0 Å². The number of aromatic hydroxyl groups is 1. The molecule has 2 rings (SSSR count). The zero-order valence-electron chi connectivity index (χ0n) is 8.58. The Balaban J connectivity index is 2.49. The number of nitrogens with one attached hydrogen (secondary N) is 1. The van der Waals surface area contributed by atoms with Crippen LogP contribution in [-0.4, -0.2) is 16.4 Å². The van der Waals surface area contributed by atoms with Crippen LogP contribution in [0.2, 0.25) is 0 Å². The summed E-state index contributed by atoms with van der Waals surface area (Å²) >= 11 is 0. The van der Waals surface area contributed by atoms with E-state index in [1.54, 1.807) is 0 Å². The highest BCUT2D eigenvalue weighted by atomic mass is 16.3. The van der Waals surface area contributed by atoms with Gasteiger partial charge in [0.1, 0.15) is 12.0 Å². The number of fused-ring (bicyclic) bond motifs is 1. The maximum absolute atomic E-state index is 10.3. The highest BCUT2D eigenvalue weighted by molar-refractivity contribution is 5.87. The van der Waals surface area contributed by atoms with E-state index in [1.807, 2.05) is 25.1 Å². The van der Waals surface area contributed by atoms with E-state index in [0.717, 1.165) is 28.4 Å². The van der Waals surface area contributed by atoms with E-state index in [4.69, 9.17) is 0 Å². The lowest BCUT2D eigenvalue weighted by molar-refractivity contribution is -0.107. The largest absolute Gasteiger partial charge is 0.507 e. The van der Waals surface area contributed by atoms with Gasteiger partial charge in [-0.25, -0.2) is 0 Å². The first-order valence-corrected chi connectivity index (χ1v) is 4.96. The van der Waals surface area contributed by atoms with Crippen LogP contribution < -0.4 is 0 Å². The van der Waals surface area contributed by atoms with Crippen molar-refractivity contribution in [3.05, 3.63) is 29.5 Å². The third kappa shape index (κ3) is 1.73. The fourth-order valence-corrected chi connectivity index (χ4v) is 1.79. The van der Waals surface area contributed by atoms with Crippen LogP contribution in [-0.2, 0) is 11.2 Å². The van der Waals surface area contributed by atoms with Gasteiger partial charge in [0.25, 0.3) is 0 Å². The standard InChI is InChI=1S/C12H13NO2/c1-8-7-10-11(13-8)5-4-9(12(10)15)3-2-6-14/h4-7,13,15H,2-3H2,1H3. The first-order chi connectivity index (χ1) is 7.22. The van der Waals surface area contributed by atoms with Crippen molar-refractivity contribution in [2.45, 2.75) is 19.8 Å². The van der Waals surface area contributed by atoms with E-state index >= 15 is 0 Å². The Morgan fingerprint density at radius 2 is 2.27 bits per heavy atom. The molecule has 0 amide bonds. The lowest BCUT2D eigenvalue weighted by Gasteiger charge is -2.02. The molecular weight excluding hydrogens is 190 g/mol. The molecule has 1 aromatic heterocycles. The number of carbonyl (C=O) groups is 1. The van der Waals surface area contributed by atoms with Crippen molar-refractivity contribution in [2.24, 2.45) is 0 Å². The Bertz CT molecular complexity index is 500. The van der Waals surface area contributed by atoms with Crippen LogP contribution in [0.15, 0.2) is 18.2 Å². The van der Waals surface area contributed by atoms with Gasteiger partial charge in [-0.3, -0.25) is 0 Å². The summed E-state index contributed by atoms with van der Waals surface area (Å²) in [5, 5.41) is 10.8. The molecule has 0 aliphatic heterocycles. The highest BCUT2D eigenvalue weighted by Gasteiger charge is 2.07. The number of aldehydes is 1. The number of phenols is 1. The van der Waals surface area contributed by atoms with Crippen LogP contribution in [0.1, 0.15) is 17.7 Å². The minimum atomic E-state index is 0.290. The summed E-state index contributed by atoms with van der Waals surface area (Å²) in [5.74, 6) is 0.290. The molecule has 0 saturated carbocycles. The molecule has 0 spiro atoms. The minimum Gasteiger partial charge on any atom is -0.507 e. The van der Waals surface area contributed by atoms with Gasteiger partial charge < -0.3 is 14.9 Å². The maximum atomic E-state index is 10.3. The molecular formula is C12H13NO2. The number of hydrogen-bond acceptors (Lipinski definition) is 2. The molecule has 3 nitrogen and oxygen atoms in total. The van der Waals surface area contributed by atoms with Crippen molar-refractivity contribution in [2.75, 3.05) is 0 Å². The monoisotopic (exact) mass is 203 g/mol. The van der Waals surface area contributed by atoms with E-state index in [2.05, 4.69) is 4.98 Å². The van der Waals surface area contributed by atoms with Gasteiger partial charge in [0.05, 0.1) is 0 Å². The summed E-state index contributed by atoms with van der Waals surface area (Å²) in [6.45, 7) is 1.95. The van der Waals surface area contributed by atoms with Crippen molar-refractivity contribution < 1.29 is 9.90 Å². The Kier molecular flexibility index (Phi) is 2.46. The second-order valence-corrected chi connectivity index (χ2v) is 3.69. The van der Waals surface area contributed by atoms with Crippen molar-refractivity contribution in [1.29, 1.82) is 0 Å². The number of rotatable bonds is 3. The zero-order chi connectivity index (χ0) is 10.8. The number of H-pyrrole nitrogens is 1. The van der Waals surface area contributed by atoms with E-state index in [9.17, 15) is 9.90 Å². The number of benzene rings is 1. The number of aromatic amines is 1. The van der Waals surface area contributed by atoms with E-state index in [-0.39, 0.29) is 0 Å². The topological polar surface area (TPSA) is 53.1 Å². The Morgan fingerprint density at radius 3 is 3.00 bits per heavy atom. The molecule has 2 N–H and O–H groups in total. The van der Waals surface area contributed by atoms with Crippen molar-refractivity contribution in [3.8, 4) is 5.75 Å². The third-order valence-corrected chi connectivity index (χ3v) is 2.52. The second kappa shape index (κ2) is 3.77. The molecule has 0 atom stereocenters. The van der Waals surface area contributed by atoms with Gasteiger partial charge in [-0.2, -0.15) is 0 Å². The van der Waals surface area contributed by atoms with Gasteiger partial charge in [0.15, 0.2) is 0 Å². The average Bonchev–Trinajstić information content (AvgIpc) is 2.59. The summed E-state index contributed by atoms with van der Waals surface area (Å²) in [4.78, 5) is 13.4. The molecule has 0 aliphatic rings. The SMILES string of the molecule is Cc1cc2c(O)c(CCC=O)ccc2[nH]1. The van der Waals surface area contributed by atoms with Gasteiger partial charge in [0.2, 0.25) is 0 Å². The zero-order valence-corrected chi connectivity index (χ0v) is 8.58. The summed E-state index contributed by atoms with van der Waals surface area (Å²) < 4.78 is 0. The summed E-state index contributed by atoms with van der Waals surface area (Å²) in [5.41, 5.74) is 2.78. The molecule has 0 saturated heterocycles. The fourth-order valence-electron chi connectivity index (χ4n) is 1.79. The van der Waals surface area contributed by atoms with Gasteiger partial charge in [-0.15, -0.1) is 0 Å². The van der Waals surface area contributed by atoms with Gasteiger partial charge in [-0.1, -0.05) is 6.07 Å². The van der Waals surface area contributed by atoms with Crippen LogP contribution in [0.5, 0.6) is 5.75 Å². The average molecular weight is 203 g/mol. The van der Waals surface area contributed by atoms with Gasteiger partial charge in [-0.05, 0) is 31.0 Å². The maximum Gasteiger partial charge on any atom is 0.128 e. The Morgan fingerprint density at radius 1 is 1.47 bits per heavy atom. The molecule has 0 radical (unpaired) electrons. The number of aryl methyl sites for hydroxylation is 2. The van der Waals surface area contributed by atoms with E-state index in [0.29, 0.717) is 18.6 Å². The molecule has 0 unspecified atom stereocenters. The van der Waals surface area contributed by atoms with Crippen molar-refractivity contribution in [3.63, 3.8) is 0 Å². The van der Waals surface area contributed by atoms with Crippen LogP contribution in [0, 0.1) is 6.92 Å². The molecule has 0 aliphatic carbocycles. The predicted octanol–water partition coefficient (Wildman–Crippen LogP) is 2.31. The van der Waals surface area contributed by atoms with Crippen LogP contribution in [0.3, 0.4) is 0 Å². The molecule has 1 aromatic carbocycles. The first-order valence-electron chi connectivity index (χ1n) is 4.96. The third-order valence-electron chi connectivity index (χ3n) is 2.52. The lowest BCUT2D eigenvalue weighted by Crippen LogP contribution is -1.87. The number of aromatic nitrogens is 1. The molecule has 3 heteroatoms. The Labute approximate surface area is 87.7 Å². The number of hydrogen-bond donors (Lipinski definition) is 2. The van der Waals surface area contributed by atoms with E-state index in [1.165, 1.54) is 0 Å². The van der Waals surface area contributed by atoms with Gasteiger partial charge in [0, 0.05) is 23.0 Å². The van der Waals surface area contributed by atoms with Crippen molar-refractivity contribution in [1.82, 2.24) is 4.98 Å². The van der Waals surface area contributed by atoms with Crippen LogP contribution in [0.25, 0.3) is 10.9 Å². The summed E-state index contributed by atoms with van der Waals surface area (Å²) in [6, 6.07) is 5.70. The number of carbonyl (C=O) groups excluding carboxylic acids is 1. The summed E-state index contributed by atoms with van der Waals surface area (Å²) in [7, 11) is 0. The van der Waals surface area contributed by atoms with Crippen molar-refractivity contribution >= 4 is 17.2 Å². The normalized spacial score (nSPS) is 10.7. The number of phenolic OH excluding ortho intramolecular Hbond substituents is 1.